The van der Waals surface area contributed by atoms with Crippen LogP contribution in [0.25, 0.3) is 0 Å². The van der Waals surface area contributed by atoms with Crippen LogP contribution in [0.15, 0.2) is 72.8 Å². The van der Waals surface area contributed by atoms with Crippen molar-refractivity contribution in [1.29, 1.82) is 0 Å². The summed E-state index contributed by atoms with van der Waals surface area (Å²) in [7, 11) is 0. The van der Waals surface area contributed by atoms with Crippen LogP contribution in [-0.4, -0.2) is 35.1 Å². The van der Waals surface area contributed by atoms with Crippen molar-refractivity contribution < 1.29 is 19.1 Å². The molecule has 3 aromatic carbocycles. The quantitative estimate of drug-likeness (QED) is 0.401. The van der Waals surface area contributed by atoms with Gasteiger partial charge in [-0.25, -0.2) is 0 Å². The van der Waals surface area contributed by atoms with Gasteiger partial charge in [-0.1, -0.05) is 60.1 Å². The number of amides is 2. The van der Waals surface area contributed by atoms with Gasteiger partial charge in [0.15, 0.2) is 11.5 Å². The van der Waals surface area contributed by atoms with E-state index in [9.17, 15) is 9.59 Å². The van der Waals surface area contributed by atoms with Crippen LogP contribution in [0.2, 0.25) is 5.02 Å². The Balaban J connectivity index is 1.60. The third kappa shape index (κ3) is 7.49. The van der Waals surface area contributed by atoms with E-state index in [1.54, 1.807) is 17.0 Å². The summed E-state index contributed by atoms with van der Waals surface area (Å²) in [6, 6.07) is 22.2. The van der Waals surface area contributed by atoms with Crippen LogP contribution in [0.5, 0.6) is 11.5 Å². The number of rotatable bonds is 9. The Bertz CT molecular complexity index is 1220. The molecule has 0 aliphatic carbocycles. The van der Waals surface area contributed by atoms with Gasteiger partial charge >= 0.3 is 0 Å². The third-order valence-corrected chi connectivity index (χ3v) is 6.35. The molecule has 1 N–H and O–H groups in total. The summed E-state index contributed by atoms with van der Waals surface area (Å²) < 4.78 is 10.9. The fourth-order valence-corrected chi connectivity index (χ4v) is 4.41. The number of fused-ring (bicyclic) bond motifs is 1. The van der Waals surface area contributed by atoms with Gasteiger partial charge in [0.25, 0.3) is 0 Å². The minimum atomic E-state index is -0.679. The third-order valence-electron chi connectivity index (χ3n) is 6.10. The van der Waals surface area contributed by atoms with Crippen LogP contribution in [0.4, 0.5) is 0 Å². The average Bonchev–Trinajstić information content (AvgIpc) is 3.33. The lowest BCUT2D eigenvalue weighted by molar-refractivity contribution is -0.141. The second-order valence-electron chi connectivity index (χ2n) is 10.3. The molecular weight excluding hydrogens is 488 g/mol. The Morgan fingerprint density at radius 2 is 1.59 bits per heavy atom. The summed E-state index contributed by atoms with van der Waals surface area (Å²) >= 11 is 6.10. The van der Waals surface area contributed by atoms with E-state index >= 15 is 0 Å². The number of hydrogen-bond donors (Lipinski definition) is 1. The summed E-state index contributed by atoms with van der Waals surface area (Å²) in [5.74, 6) is 1.12. The molecule has 1 aliphatic rings. The first-order valence-corrected chi connectivity index (χ1v) is 12.8. The monoisotopic (exact) mass is 520 g/mol. The van der Waals surface area contributed by atoms with Crippen molar-refractivity contribution in [1.82, 2.24) is 10.2 Å². The molecular formula is C30H33ClN2O4. The minimum absolute atomic E-state index is 0.0994. The molecule has 194 valence electrons. The number of hydrogen-bond acceptors (Lipinski definition) is 4. The van der Waals surface area contributed by atoms with Crippen molar-refractivity contribution in [3.8, 4) is 11.5 Å². The summed E-state index contributed by atoms with van der Waals surface area (Å²) in [6.07, 6.45) is 1.18. The van der Waals surface area contributed by atoms with Gasteiger partial charge in [-0.2, -0.15) is 0 Å². The number of aryl methyl sites for hydroxylation is 1. The predicted molar refractivity (Wildman–Crippen MR) is 145 cm³/mol. The van der Waals surface area contributed by atoms with E-state index in [1.807, 2.05) is 81.4 Å². The molecule has 2 amide bonds. The number of carbonyl (C=O) groups is 2. The van der Waals surface area contributed by atoms with Crippen molar-refractivity contribution in [3.05, 3.63) is 94.5 Å². The van der Waals surface area contributed by atoms with Gasteiger partial charge < -0.3 is 19.7 Å². The maximum absolute atomic E-state index is 13.8. The highest BCUT2D eigenvalue weighted by Crippen LogP contribution is 2.33. The number of ether oxygens (including phenoxy) is 2. The standard InChI is InChI=1S/C30H33ClN2O4/c1-30(2,3)32-29(35)25(17-21-7-5-4-6-8-21)33(19-23-9-13-24(31)14-10-23)28(34)16-12-22-11-15-26-27(18-22)37-20-36-26/h4-11,13-15,18,25H,12,16-17,19-20H2,1-3H3,(H,32,35)/t25-/m0/s1. The number of nitrogens with one attached hydrogen (secondary N) is 1. The predicted octanol–water partition coefficient (Wildman–Crippen LogP) is 5.56. The van der Waals surface area contributed by atoms with E-state index in [2.05, 4.69) is 5.32 Å². The van der Waals surface area contributed by atoms with Crippen molar-refractivity contribution in [2.24, 2.45) is 0 Å². The number of halogens is 1. The fraction of sp³-hybridized carbons (Fsp3) is 0.333. The summed E-state index contributed by atoms with van der Waals surface area (Å²) in [5, 5.41) is 3.71. The summed E-state index contributed by atoms with van der Waals surface area (Å²) in [6.45, 7) is 6.32. The first kappa shape index (κ1) is 26.6. The zero-order chi connectivity index (χ0) is 26.4. The first-order valence-electron chi connectivity index (χ1n) is 12.5. The lowest BCUT2D eigenvalue weighted by Crippen LogP contribution is -2.54. The highest BCUT2D eigenvalue weighted by molar-refractivity contribution is 6.30. The van der Waals surface area contributed by atoms with Gasteiger partial charge in [0.1, 0.15) is 6.04 Å². The van der Waals surface area contributed by atoms with Gasteiger partial charge in [-0.15, -0.1) is 0 Å². The second-order valence-corrected chi connectivity index (χ2v) is 10.7. The number of carbonyl (C=O) groups excluding carboxylic acids is 2. The lowest BCUT2D eigenvalue weighted by Gasteiger charge is -2.34. The Morgan fingerprint density at radius 3 is 2.30 bits per heavy atom. The van der Waals surface area contributed by atoms with Crippen LogP contribution < -0.4 is 14.8 Å². The minimum Gasteiger partial charge on any atom is -0.454 e. The van der Waals surface area contributed by atoms with E-state index in [4.69, 9.17) is 21.1 Å². The van der Waals surface area contributed by atoms with E-state index < -0.39 is 11.6 Å². The highest BCUT2D eigenvalue weighted by Gasteiger charge is 2.32. The molecule has 0 aromatic heterocycles. The maximum Gasteiger partial charge on any atom is 0.243 e. The molecule has 3 aromatic rings. The van der Waals surface area contributed by atoms with Crippen molar-refractivity contribution in [3.63, 3.8) is 0 Å². The molecule has 0 spiro atoms. The molecule has 0 saturated carbocycles. The topological polar surface area (TPSA) is 67.9 Å². The van der Waals surface area contributed by atoms with Gasteiger partial charge in [0, 0.05) is 29.9 Å². The molecule has 0 unspecified atom stereocenters. The molecule has 6 nitrogen and oxygen atoms in total. The van der Waals surface area contributed by atoms with Gasteiger partial charge in [0.05, 0.1) is 0 Å². The smallest absolute Gasteiger partial charge is 0.243 e. The molecule has 37 heavy (non-hydrogen) atoms. The molecule has 1 atom stereocenters. The molecule has 1 heterocycles. The van der Waals surface area contributed by atoms with Crippen LogP contribution in [0.3, 0.4) is 0 Å². The normalized spacial score (nSPS) is 13.2. The molecule has 0 bridgehead atoms. The number of benzene rings is 3. The SMILES string of the molecule is CC(C)(C)NC(=O)[C@H](Cc1ccccc1)N(Cc1ccc(Cl)cc1)C(=O)CCc1ccc2c(c1)OCO2. The molecule has 7 heteroatoms. The largest absolute Gasteiger partial charge is 0.454 e. The van der Waals surface area contributed by atoms with E-state index in [-0.39, 0.29) is 25.0 Å². The molecule has 0 radical (unpaired) electrons. The fourth-order valence-electron chi connectivity index (χ4n) is 4.28. The van der Waals surface area contributed by atoms with E-state index in [0.717, 1.165) is 16.7 Å². The first-order chi connectivity index (χ1) is 17.7. The second kappa shape index (κ2) is 11.7. The average molecular weight is 521 g/mol. The zero-order valence-corrected chi connectivity index (χ0v) is 22.3. The molecule has 4 rings (SSSR count). The number of nitrogens with zero attached hydrogens (tertiary/aromatic N) is 1. The van der Waals surface area contributed by atoms with Crippen molar-refractivity contribution in [2.45, 2.75) is 58.2 Å². The Labute approximate surface area is 223 Å². The van der Waals surface area contributed by atoms with Crippen LogP contribution >= 0.6 is 11.6 Å². The van der Waals surface area contributed by atoms with Gasteiger partial charge in [0.2, 0.25) is 18.6 Å². The van der Waals surface area contributed by atoms with Crippen molar-refractivity contribution in [2.75, 3.05) is 6.79 Å². The molecule has 1 aliphatic heterocycles. The Hall–Kier alpha value is -3.51. The summed E-state index contributed by atoms with van der Waals surface area (Å²) in [5.41, 5.74) is 2.43. The van der Waals surface area contributed by atoms with E-state index in [1.165, 1.54) is 0 Å². The maximum atomic E-state index is 13.8. The molecule has 0 fully saturated rings. The Morgan fingerprint density at radius 1 is 0.919 bits per heavy atom. The van der Waals surface area contributed by atoms with Crippen molar-refractivity contribution >= 4 is 23.4 Å². The van der Waals surface area contributed by atoms with Crippen LogP contribution in [0, 0.1) is 0 Å². The van der Waals surface area contributed by atoms with Crippen LogP contribution in [0.1, 0.15) is 43.9 Å². The zero-order valence-electron chi connectivity index (χ0n) is 21.5. The highest BCUT2D eigenvalue weighted by atomic mass is 35.5. The summed E-state index contributed by atoms with van der Waals surface area (Å²) in [4.78, 5) is 29.1. The van der Waals surface area contributed by atoms with Crippen LogP contribution in [-0.2, 0) is 29.0 Å². The lowest BCUT2D eigenvalue weighted by atomic mass is 9.99. The van der Waals surface area contributed by atoms with Gasteiger partial charge in [-0.3, -0.25) is 9.59 Å². The Kier molecular flexibility index (Phi) is 8.39. The van der Waals surface area contributed by atoms with E-state index in [0.29, 0.717) is 35.9 Å². The van der Waals surface area contributed by atoms with Gasteiger partial charge in [-0.05, 0) is 68.1 Å². The molecule has 0 saturated heterocycles.